The molecular formula is C17H17BrN4O. The van der Waals surface area contributed by atoms with Gasteiger partial charge >= 0.3 is 0 Å². The zero-order chi connectivity index (χ0) is 16.4. The maximum absolute atomic E-state index is 12.6. The lowest BCUT2D eigenvalue weighted by molar-refractivity contribution is 0.0922. The molecule has 2 aromatic heterocycles. The summed E-state index contributed by atoms with van der Waals surface area (Å²) in [4.78, 5) is 12.6. The van der Waals surface area contributed by atoms with Gasteiger partial charge in [-0.1, -0.05) is 41.9 Å². The Kier molecular flexibility index (Phi) is 4.43. The van der Waals surface area contributed by atoms with Crippen LogP contribution in [0.5, 0.6) is 0 Å². The van der Waals surface area contributed by atoms with Gasteiger partial charge < -0.3 is 5.32 Å². The van der Waals surface area contributed by atoms with E-state index in [4.69, 9.17) is 0 Å². The predicted molar refractivity (Wildman–Crippen MR) is 92.2 cm³/mol. The first-order chi connectivity index (χ1) is 11.1. The molecule has 2 heterocycles. The summed E-state index contributed by atoms with van der Waals surface area (Å²) in [5.74, 6) is 0.787. The number of fused-ring (bicyclic) bond motifs is 1. The van der Waals surface area contributed by atoms with Gasteiger partial charge in [-0.2, -0.15) is 0 Å². The molecule has 0 bridgehead atoms. The Labute approximate surface area is 142 Å². The first-order valence-electron chi connectivity index (χ1n) is 7.42. The zero-order valence-electron chi connectivity index (χ0n) is 12.9. The summed E-state index contributed by atoms with van der Waals surface area (Å²) in [6, 6.07) is 12.8. The Morgan fingerprint density at radius 3 is 2.74 bits per heavy atom. The Hall–Kier alpha value is -2.21. The average molecular weight is 373 g/mol. The zero-order valence-corrected chi connectivity index (χ0v) is 14.5. The predicted octanol–water partition coefficient (Wildman–Crippen LogP) is 3.62. The van der Waals surface area contributed by atoms with Crippen LogP contribution < -0.4 is 5.32 Å². The maximum Gasteiger partial charge on any atom is 0.251 e. The third kappa shape index (κ3) is 3.27. The molecule has 0 spiro atoms. The van der Waals surface area contributed by atoms with Crippen molar-refractivity contribution in [3.63, 3.8) is 0 Å². The fourth-order valence-electron chi connectivity index (χ4n) is 2.46. The van der Waals surface area contributed by atoms with Crippen molar-refractivity contribution in [1.82, 2.24) is 19.9 Å². The van der Waals surface area contributed by atoms with Gasteiger partial charge in [-0.15, -0.1) is 10.2 Å². The van der Waals surface area contributed by atoms with Crippen molar-refractivity contribution in [2.75, 3.05) is 0 Å². The molecule has 0 aliphatic carbocycles. The minimum absolute atomic E-state index is 0.127. The van der Waals surface area contributed by atoms with Crippen LogP contribution in [-0.2, 0) is 0 Å². The number of pyridine rings is 1. The van der Waals surface area contributed by atoms with Gasteiger partial charge in [0, 0.05) is 16.2 Å². The molecule has 23 heavy (non-hydrogen) atoms. The van der Waals surface area contributed by atoms with Crippen LogP contribution in [0.2, 0.25) is 0 Å². The molecule has 0 saturated heterocycles. The number of benzene rings is 1. The summed E-state index contributed by atoms with van der Waals surface area (Å²) in [6.07, 6.45) is 1.91. The van der Waals surface area contributed by atoms with Crippen molar-refractivity contribution in [3.8, 4) is 0 Å². The van der Waals surface area contributed by atoms with E-state index in [1.807, 2.05) is 40.9 Å². The standard InChI is InChI=1S/C17H17BrN4O/c1-11(2)15(16-21-20-14-8-3-4-9-22(14)16)19-17(23)12-6-5-7-13(18)10-12/h3-11,15H,1-2H3,(H,19,23)/t15-/m1/s1. The van der Waals surface area contributed by atoms with E-state index in [0.29, 0.717) is 5.56 Å². The highest BCUT2D eigenvalue weighted by molar-refractivity contribution is 9.10. The van der Waals surface area contributed by atoms with Gasteiger partial charge in [0.25, 0.3) is 5.91 Å². The molecule has 1 aromatic carbocycles. The molecule has 0 fully saturated rings. The topological polar surface area (TPSA) is 59.3 Å². The molecule has 3 rings (SSSR count). The molecule has 1 N–H and O–H groups in total. The number of hydrogen-bond donors (Lipinski definition) is 1. The van der Waals surface area contributed by atoms with Crippen LogP contribution in [0, 0.1) is 5.92 Å². The molecule has 1 atom stereocenters. The summed E-state index contributed by atoms with van der Waals surface area (Å²) in [6.45, 7) is 4.10. The van der Waals surface area contributed by atoms with Gasteiger partial charge in [0.2, 0.25) is 0 Å². The minimum Gasteiger partial charge on any atom is -0.342 e. The second-order valence-corrected chi connectivity index (χ2v) is 6.61. The average Bonchev–Trinajstić information content (AvgIpc) is 2.96. The molecule has 0 aliphatic heterocycles. The van der Waals surface area contributed by atoms with E-state index in [0.717, 1.165) is 15.9 Å². The third-order valence-electron chi connectivity index (χ3n) is 3.66. The van der Waals surface area contributed by atoms with Gasteiger partial charge in [0.1, 0.15) is 0 Å². The summed E-state index contributed by atoms with van der Waals surface area (Å²) in [5, 5.41) is 11.5. The molecule has 3 aromatic rings. The Morgan fingerprint density at radius 2 is 2.00 bits per heavy atom. The van der Waals surface area contributed by atoms with Gasteiger partial charge in [0.05, 0.1) is 6.04 Å². The molecule has 5 nitrogen and oxygen atoms in total. The largest absolute Gasteiger partial charge is 0.342 e. The van der Waals surface area contributed by atoms with Crippen LogP contribution in [0.1, 0.15) is 36.1 Å². The summed E-state index contributed by atoms with van der Waals surface area (Å²) in [5.41, 5.74) is 1.38. The number of amides is 1. The van der Waals surface area contributed by atoms with Gasteiger partial charge in [-0.3, -0.25) is 9.20 Å². The minimum atomic E-state index is -0.223. The number of rotatable bonds is 4. The van der Waals surface area contributed by atoms with E-state index >= 15 is 0 Å². The van der Waals surface area contributed by atoms with Crippen molar-refractivity contribution in [3.05, 3.63) is 64.5 Å². The van der Waals surface area contributed by atoms with Crippen LogP contribution in [0.15, 0.2) is 53.1 Å². The summed E-state index contributed by atoms with van der Waals surface area (Å²) >= 11 is 3.39. The van der Waals surface area contributed by atoms with Gasteiger partial charge in [-0.25, -0.2) is 0 Å². The van der Waals surface area contributed by atoms with Crippen LogP contribution in [0.25, 0.3) is 5.65 Å². The normalized spacial score (nSPS) is 12.5. The number of halogens is 1. The second-order valence-electron chi connectivity index (χ2n) is 5.69. The number of carbonyl (C=O) groups excluding carboxylic acids is 1. The quantitative estimate of drug-likeness (QED) is 0.760. The van der Waals surface area contributed by atoms with E-state index in [-0.39, 0.29) is 17.9 Å². The van der Waals surface area contributed by atoms with E-state index < -0.39 is 0 Å². The van der Waals surface area contributed by atoms with E-state index in [9.17, 15) is 4.79 Å². The van der Waals surface area contributed by atoms with E-state index in [1.54, 1.807) is 12.1 Å². The van der Waals surface area contributed by atoms with Gasteiger partial charge in [-0.05, 0) is 36.2 Å². The Balaban J connectivity index is 1.92. The highest BCUT2D eigenvalue weighted by Crippen LogP contribution is 2.22. The highest BCUT2D eigenvalue weighted by Gasteiger charge is 2.24. The molecule has 0 unspecified atom stereocenters. The van der Waals surface area contributed by atoms with Crippen LogP contribution in [0.3, 0.4) is 0 Å². The van der Waals surface area contributed by atoms with E-state index in [2.05, 4.69) is 45.3 Å². The molecular weight excluding hydrogens is 356 g/mol. The van der Waals surface area contributed by atoms with Crippen molar-refractivity contribution < 1.29 is 4.79 Å². The monoisotopic (exact) mass is 372 g/mol. The van der Waals surface area contributed by atoms with Crippen LogP contribution in [0.4, 0.5) is 0 Å². The summed E-state index contributed by atoms with van der Waals surface area (Å²) < 4.78 is 2.78. The SMILES string of the molecule is CC(C)[C@@H](NC(=O)c1cccc(Br)c1)c1nnc2ccccn12. The van der Waals surface area contributed by atoms with Crippen molar-refractivity contribution in [2.45, 2.75) is 19.9 Å². The van der Waals surface area contributed by atoms with Crippen molar-refractivity contribution >= 4 is 27.5 Å². The van der Waals surface area contributed by atoms with E-state index in [1.165, 1.54) is 0 Å². The molecule has 1 amide bonds. The molecule has 118 valence electrons. The first-order valence-corrected chi connectivity index (χ1v) is 8.21. The van der Waals surface area contributed by atoms with Gasteiger partial charge in [0.15, 0.2) is 11.5 Å². The van der Waals surface area contributed by atoms with Crippen LogP contribution in [-0.4, -0.2) is 20.5 Å². The lowest BCUT2D eigenvalue weighted by atomic mass is 10.0. The second kappa shape index (κ2) is 6.50. The molecule has 0 saturated carbocycles. The lowest BCUT2D eigenvalue weighted by Crippen LogP contribution is -2.33. The Morgan fingerprint density at radius 1 is 1.17 bits per heavy atom. The lowest BCUT2D eigenvalue weighted by Gasteiger charge is -2.21. The number of nitrogens with one attached hydrogen (secondary N) is 1. The smallest absolute Gasteiger partial charge is 0.251 e. The molecule has 0 radical (unpaired) electrons. The number of aromatic nitrogens is 3. The van der Waals surface area contributed by atoms with Crippen molar-refractivity contribution in [1.29, 1.82) is 0 Å². The van der Waals surface area contributed by atoms with Crippen molar-refractivity contribution in [2.24, 2.45) is 5.92 Å². The van der Waals surface area contributed by atoms with Crippen LogP contribution >= 0.6 is 15.9 Å². The first kappa shape index (κ1) is 15.7. The highest BCUT2D eigenvalue weighted by atomic mass is 79.9. The number of nitrogens with zero attached hydrogens (tertiary/aromatic N) is 3. The fraction of sp³-hybridized carbons (Fsp3) is 0.235. The number of hydrogen-bond acceptors (Lipinski definition) is 3. The Bertz CT molecular complexity index is 843. The third-order valence-corrected chi connectivity index (χ3v) is 4.15. The fourth-order valence-corrected chi connectivity index (χ4v) is 2.85. The molecule has 6 heteroatoms. The number of carbonyl (C=O) groups is 1. The molecule has 0 aliphatic rings. The maximum atomic E-state index is 12.6. The summed E-state index contributed by atoms with van der Waals surface area (Å²) in [7, 11) is 0.